The van der Waals surface area contributed by atoms with Gasteiger partial charge in [0.25, 0.3) is 0 Å². The van der Waals surface area contributed by atoms with E-state index in [1.807, 2.05) is 21.0 Å². The van der Waals surface area contributed by atoms with Crippen LogP contribution < -0.4 is 15.8 Å². The number of hydrogen-bond acceptors (Lipinski definition) is 7. The number of hydrogen-bond donors (Lipinski definition) is 2. The molecule has 1 aromatic carbocycles. The predicted molar refractivity (Wildman–Crippen MR) is 127 cm³/mol. The first-order chi connectivity index (χ1) is 14.7. The summed E-state index contributed by atoms with van der Waals surface area (Å²) in [5.74, 6) is 0.948. The Kier molecular flexibility index (Phi) is 7.91. The first-order valence-corrected chi connectivity index (χ1v) is 11.7. The molecule has 10 heteroatoms. The van der Waals surface area contributed by atoms with Crippen molar-refractivity contribution in [3.05, 3.63) is 27.7 Å². The van der Waals surface area contributed by atoms with Gasteiger partial charge in [-0.15, -0.1) is 0 Å². The molecule has 1 aromatic heterocycles. The van der Waals surface area contributed by atoms with Crippen LogP contribution in [0.3, 0.4) is 0 Å². The van der Waals surface area contributed by atoms with Crippen LogP contribution in [0, 0.1) is 5.92 Å². The Morgan fingerprint density at radius 3 is 2.77 bits per heavy atom. The van der Waals surface area contributed by atoms with Gasteiger partial charge in [-0.1, -0.05) is 41.9 Å². The quantitative estimate of drug-likeness (QED) is 0.551. The highest BCUT2D eigenvalue weighted by molar-refractivity contribution is 8.00. The van der Waals surface area contributed by atoms with E-state index >= 15 is 0 Å². The molecule has 1 aliphatic heterocycles. The smallest absolute Gasteiger partial charge is 0.233 e. The van der Waals surface area contributed by atoms with Gasteiger partial charge >= 0.3 is 0 Å². The molecule has 0 fully saturated rings. The van der Waals surface area contributed by atoms with Crippen LogP contribution in [0.4, 0.5) is 5.95 Å². The molecule has 0 radical (unpaired) electrons. The van der Waals surface area contributed by atoms with Crippen molar-refractivity contribution < 1.29 is 9.53 Å². The molecule has 2 aromatic rings. The van der Waals surface area contributed by atoms with Crippen molar-refractivity contribution in [1.82, 2.24) is 20.2 Å². The first kappa shape index (κ1) is 23.9. The lowest BCUT2D eigenvalue weighted by molar-refractivity contribution is -0.120. The minimum Gasteiger partial charge on any atom is -0.492 e. The average molecular weight is 484 g/mol. The molecule has 0 saturated carbocycles. The Labute approximate surface area is 197 Å². The number of halogens is 2. The maximum atomic E-state index is 12.4. The zero-order valence-corrected chi connectivity index (χ0v) is 20.4. The Morgan fingerprint density at radius 1 is 1.35 bits per heavy atom. The van der Waals surface area contributed by atoms with E-state index in [0.29, 0.717) is 57.6 Å². The van der Waals surface area contributed by atoms with Crippen LogP contribution in [0.15, 0.2) is 17.2 Å². The number of carbonyl (C=O) groups excluding carboxylic acids is 1. The Hall–Kier alpha value is -1.74. The minimum absolute atomic E-state index is 0.0314. The van der Waals surface area contributed by atoms with Crippen molar-refractivity contribution in [2.24, 2.45) is 5.92 Å². The summed E-state index contributed by atoms with van der Waals surface area (Å²) in [6, 6.07) is 3.44. The molecule has 0 saturated heterocycles. The molecule has 31 heavy (non-hydrogen) atoms. The first-order valence-electron chi connectivity index (χ1n) is 10.1. The molecule has 2 unspecified atom stereocenters. The minimum atomic E-state index is -0.279. The number of nitrogens with two attached hydrogens (primary N) is 1. The molecule has 3 N–H and O–H groups in total. The monoisotopic (exact) mass is 483 g/mol. The molecule has 0 bridgehead atoms. The number of nitrogens with one attached hydrogen (secondary N) is 1. The van der Waals surface area contributed by atoms with Crippen molar-refractivity contribution in [3.63, 3.8) is 0 Å². The summed E-state index contributed by atoms with van der Waals surface area (Å²) in [5, 5.41) is 4.15. The lowest BCUT2D eigenvalue weighted by atomic mass is 10.0. The van der Waals surface area contributed by atoms with E-state index in [2.05, 4.69) is 27.1 Å². The number of ether oxygens (including phenoxy) is 1. The number of aromatic nitrogens is 2. The standard InChI is InChI=1S/C21H27Cl2N5O2S/c1-5-25-19(29)17-7-13-18(26-21(24)27-20(13)31-17)12-6-16(15(23)8-14(12)22)30-10-11(2)9-28(3)4/h6,8,11,17H,5,7,9-10H2,1-4H3,(H,25,29)(H2,24,26,27). The number of nitrogen functional groups attached to an aromatic ring is 1. The van der Waals surface area contributed by atoms with Crippen LogP contribution in [0.2, 0.25) is 10.0 Å². The molecular weight excluding hydrogens is 457 g/mol. The maximum Gasteiger partial charge on any atom is 0.233 e. The van der Waals surface area contributed by atoms with E-state index in [1.165, 1.54) is 11.8 Å². The van der Waals surface area contributed by atoms with Gasteiger partial charge in [-0.25, -0.2) is 9.97 Å². The molecule has 0 spiro atoms. The Morgan fingerprint density at radius 2 is 2.10 bits per heavy atom. The van der Waals surface area contributed by atoms with Crippen LogP contribution >= 0.6 is 35.0 Å². The van der Waals surface area contributed by atoms with Crippen molar-refractivity contribution in [3.8, 4) is 17.0 Å². The van der Waals surface area contributed by atoms with Gasteiger partial charge in [0.05, 0.1) is 27.6 Å². The Balaban J connectivity index is 1.92. The third kappa shape index (κ3) is 5.74. The second-order valence-electron chi connectivity index (χ2n) is 7.86. The molecular formula is C21H27Cl2N5O2S. The fourth-order valence-corrected chi connectivity index (χ4v) is 5.22. The van der Waals surface area contributed by atoms with E-state index in [4.69, 9.17) is 33.7 Å². The van der Waals surface area contributed by atoms with Gasteiger partial charge in [-0.2, -0.15) is 0 Å². The maximum absolute atomic E-state index is 12.4. The number of anilines is 1. The zero-order chi connectivity index (χ0) is 22.7. The third-order valence-corrected chi connectivity index (χ3v) is 6.58. The summed E-state index contributed by atoms with van der Waals surface area (Å²) in [4.78, 5) is 23.3. The molecule has 0 aliphatic carbocycles. The fourth-order valence-electron chi connectivity index (χ4n) is 3.51. The summed E-state index contributed by atoms with van der Waals surface area (Å²) >= 11 is 14.3. The largest absolute Gasteiger partial charge is 0.492 e. The number of benzene rings is 1. The lowest BCUT2D eigenvalue weighted by Crippen LogP contribution is -2.32. The van der Waals surface area contributed by atoms with E-state index in [9.17, 15) is 4.79 Å². The average Bonchev–Trinajstić information content (AvgIpc) is 3.10. The highest BCUT2D eigenvalue weighted by Gasteiger charge is 2.33. The highest BCUT2D eigenvalue weighted by Crippen LogP contribution is 2.44. The molecule has 2 heterocycles. The van der Waals surface area contributed by atoms with Crippen molar-refractivity contribution >= 4 is 46.8 Å². The number of amides is 1. The third-order valence-electron chi connectivity index (χ3n) is 4.75. The number of thioether (sulfide) groups is 1. The van der Waals surface area contributed by atoms with Crippen LogP contribution in [-0.2, 0) is 11.2 Å². The van der Waals surface area contributed by atoms with Gasteiger partial charge in [0.2, 0.25) is 11.9 Å². The van der Waals surface area contributed by atoms with Crippen molar-refractivity contribution in [2.45, 2.75) is 30.5 Å². The number of carbonyl (C=O) groups is 1. The van der Waals surface area contributed by atoms with E-state index < -0.39 is 0 Å². The van der Waals surface area contributed by atoms with Gasteiger partial charge in [0, 0.05) is 30.1 Å². The van der Waals surface area contributed by atoms with Crippen LogP contribution in [0.25, 0.3) is 11.3 Å². The predicted octanol–water partition coefficient (Wildman–Crippen LogP) is 3.76. The molecule has 1 amide bonds. The summed E-state index contributed by atoms with van der Waals surface area (Å²) < 4.78 is 6.00. The SMILES string of the molecule is CCNC(=O)C1Cc2c(nc(N)nc2-c2cc(OCC(C)CN(C)C)c(Cl)cc2Cl)S1. The summed E-state index contributed by atoms with van der Waals surface area (Å²) in [6.45, 7) is 5.98. The second-order valence-corrected chi connectivity index (χ2v) is 9.87. The van der Waals surface area contributed by atoms with Crippen LogP contribution in [0.5, 0.6) is 5.75 Å². The summed E-state index contributed by atoms with van der Waals surface area (Å²) in [5.41, 5.74) is 8.09. The van der Waals surface area contributed by atoms with Gasteiger partial charge in [0.15, 0.2) is 0 Å². The van der Waals surface area contributed by atoms with Crippen LogP contribution in [-0.4, -0.2) is 59.8 Å². The number of nitrogens with zero attached hydrogens (tertiary/aromatic N) is 3. The van der Waals surface area contributed by atoms with E-state index in [-0.39, 0.29) is 17.1 Å². The van der Waals surface area contributed by atoms with Gasteiger partial charge < -0.3 is 20.7 Å². The molecule has 7 nitrogen and oxygen atoms in total. The summed E-state index contributed by atoms with van der Waals surface area (Å²) in [6.07, 6.45) is 0.496. The van der Waals surface area contributed by atoms with Gasteiger partial charge in [-0.05, 0) is 39.6 Å². The lowest BCUT2D eigenvalue weighted by Gasteiger charge is -2.19. The van der Waals surface area contributed by atoms with Crippen molar-refractivity contribution in [1.29, 1.82) is 0 Å². The zero-order valence-electron chi connectivity index (χ0n) is 18.0. The van der Waals surface area contributed by atoms with Crippen LogP contribution in [0.1, 0.15) is 19.4 Å². The van der Waals surface area contributed by atoms with Crippen molar-refractivity contribution in [2.75, 3.05) is 39.5 Å². The normalized spacial score (nSPS) is 16.3. The second kappa shape index (κ2) is 10.3. The Bertz CT molecular complexity index is 973. The number of fused-ring (bicyclic) bond motifs is 1. The molecule has 168 valence electrons. The van der Waals surface area contributed by atoms with E-state index in [1.54, 1.807) is 12.1 Å². The number of rotatable bonds is 8. The molecule has 3 rings (SSSR count). The van der Waals surface area contributed by atoms with Gasteiger partial charge in [0.1, 0.15) is 10.8 Å². The van der Waals surface area contributed by atoms with E-state index in [0.717, 1.165) is 12.1 Å². The van der Waals surface area contributed by atoms with Gasteiger partial charge in [-0.3, -0.25) is 4.79 Å². The molecule has 2 atom stereocenters. The highest BCUT2D eigenvalue weighted by atomic mass is 35.5. The molecule has 1 aliphatic rings. The topological polar surface area (TPSA) is 93.4 Å². The fraction of sp³-hybridized carbons (Fsp3) is 0.476. The summed E-state index contributed by atoms with van der Waals surface area (Å²) in [7, 11) is 4.05.